The standard InChI is InChI=1S/C23H19Cl2FN2O4S.C3H6O2/c1-2-31-23-22(13-16(24)14-27-23)33(29,30)28-10-11-32-21-9-7-15(12-20(21)28)6-8-17-18(25)4-3-5-19(17)26;1-2-3(4)5/h3-9,12-14H,2,10-11H2,1H3;2H2,1H3,(H,4,5)/b8-6+;. The molecule has 0 amide bonds. The van der Waals surface area contributed by atoms with Gasteiger partial charge in [0.1, 0.15) is 18.2 Å². The van der Waals surface area contributed by atoms with Crippen LogP contribution in [0.4, 0.5) is 10.1 Å². The van der Waals surface area contributed by atoms with Gasteiger partial charge in [0.15, 0.2) is 4.90 Å². The van der Waals surface area contributed by atoms with Crippen LogP contribution < -0.4 is 13.8 Å². The fraction of sp³-hybridized carbons (Fsp3) is 0.231. The lowest BCUT2D eigenvalue weighted by Crippen LogP contribution is -2.38. The number of hydrogen-bond acceptors (Lipinski definition) is 6. The van der Waals surface area contributed by atoms with E-state index in [2.05, 4.69) is 4.98 Å². The SMILES string of the molecule is CCC(=O)O.CCOc1ncc(Cl)cc1S(=O)(=O)N1CCOc2ccc(/C=C/c3c(F)cccc3Cl)cc21. The number of aliphatic carboxylic acids is 1. The molecule has 3 aromatic rings. The van der Waals surface area contributed by atoms with Crippen LogP contribution in [0.25, 0.3) is 12.2 Å². The second-order valence-corrected chi connectivity index (χ2v) is 10.4. The second kappa shape index (κ2) is 12.9. The molecule has 1 aliphatic rings. The fourth-order valence-electron chi connectivity index (χ4n) is 3.37. The van der Waals surface area contributed by atoms with Gasteiger partial charge in [-0.3, -0.25) is 9.10 Å². The number of carboxylic acids is 1. The molecule has 1 N–H and O–H groups in total. The molecule has 4 rings (SSSR count). The molecule has 0 unspecified atom stereocenters. The molecule has 38 heavy (non-hydrogen) atoms. The van der Waals surface area contributed by atoms with Crippen LogP contribution in [-0.4, -0.2) is 44.2 Å². The van der Waals surface area contributed by atoms with E-state index < -0.39 is 21.8 Å². The summed E-state index contributed by atoms with van der Waals surface area (Å²) < 4.78 is 53.6. The van der Waals surface area contributed by atoms with Crippen LogP contribution in [-0.2, 0) is 14.8 Å². The van der Waals surface area contributed by atoms with Gasteiger partial charge >= 0.3 is 5.97 Å². The van der Waals surface area contributed by atoms with Gasteiger partial charge in [-0.1, -0.05) is 48.3 Å². The third kappa shape index (κ3) is 6.94. The van der Waals surface area contributed by atoms with E-state index in [-0.39, 0.29) is 52.6 Å². The topological polar surface area (TPSA) is 106 Å². The van der Waals surface area contributed by atoms with Crippen LogP contribution in [0.5, 0.6) is 11.6 Å². The molecule has 0 spiro atoms. The second-order valence-electron chi connectivity index (χ2n) is 7.76. The van der Waals surface area contributed by atoms with Crippen molar-refractivity contribution in [2.24, 2.45) is 0 Å². The number of carbonyl (C=O) groups is 1. The molecule has 0 saturated heterocycles. The number of benzene rings is 2. The van der Waals surface area contributed by atoms with Crippen molar-refractivity contribution in [1.29, 1.82) is 0 Å². The van der Waals surface area contributed by atoms with Crippen molar-refractivity contribution in [1.82, 2.24) is 4.98 Å². The van der Waals surface area contributed by atoms with Crippen LogP contribution in [0, 0.1) is 5.82 Å². The Kier molecular flexibility index (Phi) is 9.96. The Morgan fingerprint density at radius 2 is 1.95 bits per heavy atom. The number of pyridine rings is 1. The predicted molar refractivity (Wildman–Crippen MR) is 145 cm³/mol. The third-order valence-corrected chi connectivity index (χ3v) is 7.53. The maximum Gasteiger partial charge on any atom is 0.303 e. The lowest BCUT2D eigenvalue weighted by atomic mass is 10.1. The van der Waals surface area contributed by atoms with Gasteiger partial charge in [0.05, 0.1) is 28.9 Å². The number of halogens is 3. The van der Waals surface area contributed by atoms with Gasteiger partial charge < -0.3 is 14.6 Å². The number of sulfonamides is 1. The average Bonchev–Trinajstić information content (AvgIpc) is 2.89. The zero-order chi connectivity index (χ0) is 27.9. The first-order valence-corrected chi connectivity index (χ1v) is 13.7. The highest BCUT2D eigenvalue weighted by atomic mass is 35.5. The van der Waals surface area contributed by atoms with Crippen molar-refractivity contribution in [2.45, 2.75) is 25.2 Å². The number of rotatable bonds is 7. The molecular weight excluding hydrogens is 558 g/mol. The highest BCUT2D eigenvalue weighted by Gasteiger charge is 2.33. The summed E-state index contributed by atoms with van der Waals surface area (Å²) in [4.78, 5) is 13.3. The van der Waals surface area contributed by atoms with Gasteiger partial charge in [0.25, 0.3) is 10.0 Å². The first kappa shape index (κ1) is 29.2. The number of aromatic nitrogens is 1. The largest absolute Gasteiger partial charge is 0.489 e. The minimum absolute atomic E-state index is 0.0276. The van der Waals surface area contributed by atoms with Crippen LogP contribution in [0.2, 0.25) is 10.0 Å². The van der Waals surface area contributed by atoms with E-state index in [1.807, 2.05) is 0 Å². The lowest BCUT2D eigenvalue weighted by molar-refractivity contribution is -0.136. The smallest absolute Gasteiger partial charge is 0.303 e. The van der Waals surface area contributed by atoms with Crippen molar-refractivity contribution in [3.63, 3.8) is 0 Å². The molecule has 0 saturated carbocycles. The molecule has 2 heterocycles. The fourth-order valence-corrected chi connectivity index (χ4v) is 5.38. The Morgan fingerprint density at radius 3 is 2.61 bits per heavy atom. The zero-order valence-corrected chi connectivity index (χ0v) is 22.9. The number of ether oxygens (including phenoxy) is 2. The minimum atomic E-state index is -4.07. The maximum absolute atomic E-state index is 14.1. The molecule has 12 heteroatoms. The molecule has 0 radical (unpaired) electrons. The van der Waals surface area contributed by atoms with Crippen LogP contribution in [0.15, 0.2) is 53.6 Å². The molecule has 1 aromatic heterocycles. The number of nitrogens with zero attached hydrogens (tertiary/aromatic N) is 2. The summed E-state index contributed by atoms with van der Waals surface area (Å²) in [7, 11) is -4.07. The molecule has 0 aliphatic carbocycles. The first-order chi connectivity index (χ1) is 18.1. The number of hydrogen-bond donors (Lipinski definition) is 1. The molecule has 202 valence electrons. The van der Waals surface area contributed by atoms with Crippen molar-refractivity contribution in [3.05, 3.63) is 75.7 Å². The van der Waals surface area contributed by atoms with Crippen LogP contribution in [0.1, 0.15) is 31.4 Å². The normalized spacial score (nSPS) is 12.8. The molecule has 0 atom stereocenters. The lowest BCUT2D eigenvalue weighted by Gasteiger charge is -2.31. The maximum atomic E-state index is 14.1. The van der Waals surface area contributed by atoms with Gasteiger partial charge in [-0.2, -0.15) is 0 Å². The summed E-state index contributed by atoms with van der Waals surface area (Å²) in [5.41, 5.74) is 1.21. The third-order valence-electron chi connectivity index (χ3n) is 5.18. The van der Waals surface area contributed by atoms with Gasteiger partial charge in [0.2, 0.25) is 5.88 Å². The van der Waals surface area contributed by atoms with E-state index in [0.717, 1.165) is 0 Å². The summed E-state index contributed by atoms with van der Waals surface area (Å²) in [6.45, 7) is 3.83. The van der Waals surface area contributed by atoms with Crippen LogP contribution >= 0.6 is 23.2 Å². The first-order valence-electron chi connectivity index (χ1n) is 11.5. The van der Waals surface area contributed by atoms with Gasteiger partial charge in [-0.25, -0.2) is 17.8 Å². The van der Waals surface area contributed by atoms with E-state index in [1.54, 1.807) is 44.2 Å². The summed E-state index contributed by atoms with van der Waals surface area (Å²) in [5, 5.41) is 8.16. The molecule has 8 nitrogen and oxygen atoms in total. The van der Waals surface area contributed by atoms with Crippen LogP contribution in [0.3, 0.4) is 0 Å². The van der Waals surface area contributed by atoms with Crippen molar-refractivity contribution >= 4 is 57.0 Å². The zero-order valence-electron chi connectivity index (χ0n) is 20.5. The van der Waals surface area contributed by atoms with Gasteiger partial charge in [-0.05, 0) is 48.9 Å². The monoisotopic (exact) mass is 582 g/mol. The van der Waals surface area contributed by atoms with E-state index in [1.165, 1.54) is 34.8 Å². The summed E-state index contributed by atoms with van der Waals surface area (Å²) in [6.07, 6.45) is 4.74. The Hall–Kier alpha value is -3.34. The summed E-state index contributed by atoms with van der Waals surface area (Å²) in [5.74, 6) is -0.829. The minimum Gasteiger partial charge on any atom is -0.489 e. The van der Waals surface area contributed by atoms with E-state index >= 15 is 0 Å². The predicted octanol–water partition coefficient (Wildman–Crippen LogP) is 6.17. The molecule has 2 aromatic carbocycles. The number of fused-ring (bicyclic) bond motifs is 1. The van der Waals surface area contributed by atoms with E-state index in [9.17, 15) is 17.6 Å². The van der Waals surface area contributed by atoms with Gasteiger partial charge in [-0.15, -0.1) is 0 Å². The molecule has 1 aliphatic heterocycles. The van der Waals surface area contributed by atoms with E-state index in [0.29, 0.717) is 17.0 Å². The average molecular weight is 583 g/mol. The Labute approximate surface area is 230 Å². The van der Waals surface area contributed by atoms with Crippen molar-refractivity contribution in [3.8, 4) is 11.6 Å². The van der Waals surface area contributed by atoms with Crippen molar-refractivity contribution < 1.29 is 32.2 Å². The van der Waals surface area contributed by atoms with E-state index in [4.69, 9.17) is 37.8 Å². The van der Waals surface area contributed by atoms with Gasteiger partial charge in [0, 0.05) is 18.2 Å². The number of anilines is 1. The van der Waals surface area contributed by atoms with Crippen molar-refractivity contribution in [2.75, 3.05) is 24.1 Å². The Bertz CT molecular complexity index is 1430. The number of carboxylic acid groups (broad SMARTS) is 1. The molecule has 0 fully saturated rings. The summed E-state index contributed by atoms with van der Waals surface area (Å²) >= 11 is 12.1. The molecule has 0 bridgehead atoms. The highest BCUT2D eigenvalue weighted by Crippen LogP contribution is 2.38. The quantitative estimate of drug-likeness (QED) is 0.332. The molecular formula is C26H25Cl2FN2O6S. The Morgan fingerprint density at radius 1 is 1.21 bits per heavy atom. The summed E-state index contributed by atoms with van der Waals surface area (Å²) in [6, 6.07) is 10.8. The highest BCUT2D eigenvalue weighted by molar-refractivity contribution is 7.93. The Balaban J connectivity index is 0.000000732.